The number of rotatable bonds is 5. The molecule has 1 atom stereocenters. The van der Waals surface area contributed by atoms with Crippen molar-refractivity contribution in [3.8, 4) is 5.75 Å². The van der Waals surface area contributed by atoms with Gasteiger partial charge in [0.25, 0.3) is 0 Å². The summed E-state index contributed by atoms with van der Waals surface area (Å²) in [6, 6.07) is 5.06. The molecule has 1 heterocycles. The van der Waals surface area contributed by atoms with Gasteiger partial charge in [0.1, 0.15) is 11.5 Å². The van der Waals surface area contributed by atoms with E-state index in [1.807, 2.05) is 25.1 Å². The molecule has 0 spiro atoms. The lowest BCUT2D eigenvalue weighted by atomic mass is 9.82. The van der Waals surface area contributed by atoms with Gasteiger partial charge in [-0.05, 0) is 55.2 Å². The second-order valence-corrected chi connectivity index (χ2v) is 8.49. The van der Waals surface area contributed by atoms with E-state index >= 15 is 0 Å². The van der Waals surface area contributed by atoms with Crippen molar-refractivity contribution in [2.75, 3.05) is 26.0 Å². The topological polar surface area (TPSA) is 76.1 Å². The zero-order valence-corrected chi connectivity index (χ0v) is 18.2. The van der Waals surface area contributed by atoms with E-state index in [2.05, 4.69) is 0 Å². The van der Waals surface area contributed by atoms with Crippen LogP contribution < -0.4 is 4.74 Å². The predicted molar refractivity (Wildman–Crippen MR) is 116 cm³/mol. The number of nitrogens with zero attached hydrogens (tertiary/aromatic N) is 1. The molecular weight excluding hydrogens is 410 g/mol. The zero-order chi connectivity index (χ0) is 21.0. The Morgan fingerprint density at radius 2 is 2.14 bits per heavy atom. The molecule has 1 aliphatic carbocycles. The molecule has 29 heavy (non-hydrogen) atoms. The van der Waals surface area contributed by atoms with Gasteiger partial charge in [0.15, 0.2) is 5.78 Å². The maximum atomic E-state index is 13.1. The molecule has 0 fully saturated rings. The van der Waals surface area contributed by atoms with Crippen LogP contribution in [0.4, 0.5) is 0 Å². The summed E-state index contributed by atoms with van der Waals surface area (Å²) in [7, 11) is 1.61. The molecule has 2 aliphatic rings. The first-order chi connectivity index (χ1) is 14.0. The summed E-state index contributed by atoms with van der Waals surface area (Å²) in [4.78, 5) is 27.5. The normalized spacial score (nSPS) is 19.0. The van der Waals surface area contributed by atoms with E-state index in [0.29, 0.717) is 48.8 Å². The van der Waals surface area contributed by atoms with E-state index in [-0.39, 0.29) is 23.2 Å². The Balaban J connectivity index is 1.96. The fourth-order valence-corrected chi connectivity index (χ4v) is 4.73. The molecule has 1 aliphatic heterocycles. The Bertz CT molecular complexity index is 851. The number of thioether (sulfide) groups is 1. The Morgan fingerprint density at radius 1 is 1.34 bits per heavy atom. The number of benzene rings is 1. The molecule has 1 aromatic carbocycles. The van der Waals surface area contributed by atoms with Gasteiger partial charge in [-0.2, -0.15) is 0 Å². The number of hydrogen-bond donors (Lipinski definition) is 1. The fraction of sp³-hybridized carbons (Fsp3) is 0.476. The smallest absolute Gasteiger partial charge is 0.233 e. The van der Waals surface area contributed by atoms with Gasteiger partial charge in [0.2, 0.25) is 10.3 Å². The number of hydrogen-bond acceptors (Lipinski definition) is 7. The highest BCUT2D eigenvalue weighted by Crippen LogP contribution is 2.41. The molecule has 6 nitrogen and oxygen atoms in total. The molecule has 0 saturated heterocycles. The van der Waals surface area contributed by atoms with Gasteiger partial charge < -0.3 is 19.5 Å². The fourth-order valence-electron chi connectivity index (χ4n) is 3.83. The minimum absolute atomic E-state index is 0.0882. The summed E-state index contributed by atoms with van der Waals surface area (Å²) in [6.07, 6.45) is 2.11. The third kappa shape index (κ3) is 4.75. The summed E-state index contributed by atoms with van der Waals surface area (Å²) in [5.41, 5.74) is 2.22. The second-order valence-electron chi connectivity index (χ2n) is 6.91. The van der Waals surface area contributed by atoms with Crippen LogP contribution in [-0.2, 0) is 20.7 Å². The number of methoxy groups -OCH3 is 1. The van der Waals surface area contributed by atoms with Gasteiger partial charge in [0, 0.05) is 19.4 Å². The van der Waals surface area contributed by atoms with Gasteiger partial charge in [0.05, 0.1) is 31.1 Å². The zero-order valence-electron chi connectivity index (χ0n) is 16.6. The first-order valence-corrected chi connectivity index (χ1v) is 11.1. The maximum Gasteiger partial charge on any atom is 0.233 e. The molecule has 1 N–H and O–H groups in total. The molecule has 8 heteroatoms. The number of carbonyl (C=O) groups is 2. The van der Waals surface area contributed by atoms with E-state index in [4.69, 9.17) is 21.7 Å². The Labute approximate surface area is 180 Å². The van der Waals surface area contributed by atoms with E-state index < -0.39 is 6.04 Å². The molecule has 1 aromatic rings. The van der Waals surface area contributed by atoms with Crippen molar-refractivity contribution in [2.24, 2.45) is 0 Å². The maximum absolute atomic E-state index is 13.1. The number of allylic oxidation sites excluding steroid dienone is 1. The van der Waals surface area contributed by atoms with Gasteiger partial charge in [-0.25, -0.2) is 0 Å². The molecule has 3 rings (SSSR count). The van der Waals surface area contributed by atoms with E-state index in [9.17, 15) is 14.7 Å². The molecule has 156 valence electrons. The molecule has 0 radical (unpaired) electrons. The number of Topliss-reactive ketones (excluding diaryl/α,β-unsaturated/α-hetero) is 1. The van der Waals surface area contributed by atoms with Crippen molar-refractivity contribution >= 4 is 40.1 Å². The highest BCUT2D eigenvalue weighted by molar-refractivity contribution is 8.23. The van der Waals surface area contributed by atoms with Crippen molar-refractivity contribution in [2.45, 2.75) is 38.6 Å². The van der Waals surface area contributed by atoms with Crippen molar-refractivity contribution in [1.29, 1.82) is 0 Å². The summed E-state index contributed by atoms with van der Waals surface area (Å²) in [5, 5.41) is 10.6. The number of amides is 1. The van der Waals surface area contributed by atoms with Crippen LogP contribution >= 0.6 is 24.0 Å². The van der Waals surface area contributed by atoms with Crippen LogP contribution in [-0.4, -0.2) is 52.1 Å². The number of ether oxygens (including phenoxy) is 2. The third-order valence-corrected chi connectivity index (χ3v) is 6.39. The summed E-state index contributed by atoms with van der Waals surface area (Å²) in [5.74, 6) is 0.710. The van der Waals surface area contributed by atoms with Crippen LogP contribution in [0, 0.1) is 0 Å². The highest BCUT2D eigenvalue weighted by atomic mass is 32.2. The number of fused-ring (bicyclic) bond motifs is 1. The van der Waals surface area contributed by atoms with Crippen LogP contribution in [0.2, 0.25) is 0 Å². The van der Waals surface area contributed by atoms with Crippen molar-refractivity contribution in [3.05, 3.63) is 40.7 Å². The Hall–Kier alpha value is -2.06. The largest absolute Gasteiger partial charge is 0.512 e. The first-order valence-electron chi connectivity index (χ1n) is 9.67. The van der Waals surface area contributed by atoms with Crippen molar-refractivity contribution in [3.63, 3.8) is 0 Å². The number of thiocarbonyl (C=S) groups is 1. The average Bonchev–Trinajstić information content (AvgIpc) is 2.71. The summed E-state index contributed by atoms with van der Waals surface area (Å²) >= 11 is 6.28. The van der Waals surface area contributed by atoms with Crippen LogP contribution in [0.25, 0.3) is 0 Å². The standard InChI is InChI=1S/C21H25NO5S2/c1-3-27-21(28)29-12-18(25)22-10-9-13-11-14(26-2)7-8-15(13)20(22)19-16(23)5-4-6-17(19)24/h7-8,11,20,23H,3-6,9-10,12H2,1-2H3/t20-/m1/s1. The second kappa shape index (κ2) is 9.63. The van der Waals surface area contributed by atoms with Gasteiger partial charge >= 0.3 is 0 Å². The van der Waals surface area contributed by atoms with Crippen LogP contribution in [0.5, 0.6) is 5.75 Å². The quantitative estimate of drug-likeness (QED) is 0.706. The molecule has 0 saturated carbocycles. The van der Waals surface area contributed by atoms with E-state index in [1.54, 1.807) is 12.0 Å². The summed E-state index contributed by atoms with van der Waals surface area (Å²) in [6.45, 7) is 2.75. The van der Waals surface area contributed by atoms with Gasteiger partial charge in [-0.3, -0.25) is 9.59 Å². The molecule has 0 aromatic heterocycles. The Morgan fingerprint density at radius 3 is 2.83 bits per heavy atom. The third-order valence-electron chi connectivity index (χ3n) is 5.18. The molecular formula is C21H25NO5S2. The molecule has 1 amide bonds. The van der Waals surface area contributed by atoms with Crippen LogP contribution in [0.3, 0.4) is 0 Å². The molecule has 0 unspecified atom stereocenters. The minimum Gasteiger partial charge on any atom is -0.512 e. The van der Waals surface area contributed by atoms with Gasteiger partial charge in [-0.1, -0.05) is 17.8 Å². The lowest BCUT2D eigenvalue weighted by molar-refractivity contribution is -0.131. The van der Waals surface area contributed by atoms with Crippen LogP contribution in [0.1, 0.15) is 43.4 Å². The molecule has 0 bridgehead atoms. The number of aliphatic hydroxyl groups excluding tert-OH is 1. The first kappa shape index (κ1) is 21.6. The van der Waals surface area contributed by atoms with Crippen molar-refractivity contribution < 1.29 is 24.2 Å². The lowest BCUT2D eigenvalue weighted by Crippen LogP contribution is -2.43. The monoisotopic (exact) mass is 435 g/mol. The SMILES string of the molecule is CCOC(=S)SCC(=O)N1CCc2cc(OC)ccc2[C@@H]1C1=C(O)CCCC1=O. The van der Waals surface area contributed by atoms with Gasteiger partial charge in [-0.15, -0.1) is 0 Å². The van der Waals surface area contributed by atoms with E-state index in [0.717, 1.165) is 16.9 Å². The minimum atomic E-state index is -0.591. The number of carbonyl (C=O) groups excluding carboxylic acids is 2. The lowest BCUT2D eigenvalue weighted by Gasteiger charge is -2.39. The van der Waals surface area contributed by atoms with E-state index in [1.165, 1.54) is 11.8 Å². The number of aliphatic hydroxyl groups is 1. The average molecular weight is 436 g/mol. The van der Waals surface area contributed by atoms with Crippen LogP contribution in [0.15, 0.2) is 29.5 Å². The Kier molecular flexibility index (Phi) is 7.18. The predicted octanol–water partition coefficient (Wildman–Crippen LogP) is 3.74. The number of ketones is 1. The van der Waals surface area contributed by atoms with Crippen molar-refractivity contribution in [1.82, 2.24) is 4.90 Å². The summed E-state index contributed by atoms with van der Waals surface area (Å²) < 4.78 is 10.9. The highest BCUT2D eigenvalue weighted by Gasteiger charge is 2.38.